The summed E-state index contributed by atoms with van der Waals surface area (Å²) in [6, 6.07) is 8.87. The fourth-order valence-corrected chi connectivity index (χ4v) is 3.21. The van der Waals surface area contributed by atoms with Crippen LogP contribution in [0.5, 0.6) is 5.75 Å². The molecule has 1 saturated carbocycles. The molecule has 1 saturated heterocycles. The van der Waals surface area contributed by atoms with E-state index in [2.05, 4.69) is 23.5 Å². The summed E-state index contributed by atoms with van der Waals surface area (Å²) in [4.78, 5) is 0. The summed E-state index contributed by atoms with van der Waals surface area (Å²) in [5.41, 5.74) is 0.788. The van der Waals surface area contributed by atoms with Crippen molar-refractivity contribution < 1.29 is 14.6 Å². The van der Waals surface area contributed by atoms with E-state index in [1.807, 2.05) is 6.07 Å². The molecule has 116 valence electrons. The van der Waals surface area contributed by atoms with Gasteiger partial charge in [-0.15, -0.1) is 0 Å². The van der Waals surface area contributed by atoms with Crippen molar-refractivity contribution in [1.29, 1.82) is 0 Å². The van der Waals surface area contributed by atoms with E-state index in [-0.39, 0.29) is 0 Å². The lowest BCUT2D eigenvalue weighted by Gasteiger charge is -2.40. The monoisotopic (exact) mass is 291 g/mol. The van der Waals surface area contributed by atoms with Crippen LogP contribution >= 0.6 is 0 Å². The Morgan fingerprint density at radius 1 is 1.33 bits per heavy atom. The van der Waals surface area contributed by atoms with Gasteiger partial charge in [0.2, 0.25) is 0 Å². The molecule has 4 heteroatoms. The van der Waals surface area contributed by atoms with Gasteiger partial charge in [-0.05, 0) is 36.5 Å². The molecule has 1 aromatic rings. The smallest absolute Gasteiger partial charge is 0.119 e. The van der Waals surface area contributed by atoms with Crippen LogP contribution in [0.1, 0.15) is 37.2 Å². The Labute approximate surface area is 126 Å². The molecule has 0 aromatic heterocycles. The quantitative estimate of drug-likeness (QED) is 0.872. The average molecular weight is 291 g/mol. The van der Waals surface area contributed by atoms with Gasteiger partial charge in [0.1, 0.15) is 5.75 Å². The molecule has 21 heavy (non-hydrogen) atoms. The summed E-state index contributed by atoms with van der Waals surface area (Å²) in [6.45, 7) is 2.04. The molecule has 1 aliphatic carbocycles. The summed E-state index contributed by atoms with van der Waals surface area (Å²) in [7, 11) is 1.71. The van der Waals surface area contributed by atoms with Crippen LogP contribution in [0.3, 0.4) is 0 Å². The van der Waals surface area contributed by atoms with Crippen LogP contribution in [0.2, 0.25) is 0 Å². The maximum absolute atomic E-state index is 10.4. The molecular formula is C17H25NO3. The van der Waals surface area contributed by atoms with Crippen LogP contribution in [0.15, 0.2) is 24.3 Å². The molecule has 2 aliphatic rings. The largest absolute Gasteiger partial charge is 0.497 e. The van der Waals surface area contributed by atoms with Gasteiger partial charge in [0.15, 0.2) is 0 Å². The van der Waals surface area contributed by atoms with Crippen molar-refractivity contribution in [2.24, 2.45) is 0 Å². The standard InChI is InChI=1S/C17H25NO3/c1-20-16-4-2-3-13(11-16)14-9-15(10-14)18-12-17(19)5-7-21-8-6-17/h2-4,11,14-15,18-19H,5-10,12H2,1H3. The van der Waals surface area contributed by atoms with Gasteiger partial charge in [0.05, 0.1) is 12.7 Å². The van der Waals surface area contributed by atoms with E-state index < -0.39 is 5.60 Å². The Balaban J connectivity index is 1.45. The third-order valence-electron chi connectivity index (χ3n) is 4.85. The van der Waals surface area contributed by atoms with Gasteiger partial charge in [0.25, 0.3) is 0 Å². The Morgan fingerprint density at radius 2 is 2.10 bits per heavy atom. The number of aliphatic hydroxyl groups is 1. The average Bonchev–Trinajstić information content (AvgIpc) is 2.46. The van der Waals surface area contributed by atoms with Crippen molar-refractivity contribution in [3.05, 3.63) is 29.8 Å². The topological polar surface area (TPSA) is 50.7 Å². The number of rotatable bonds is 5. The highest BCUT2D eigenvalue weighted by atomic mass is 16.5. The summed E-state index contributed by atoms with van der Waals surface area (Å²) >= 11 is 0. The molecular weight excluding hydrogens is 266 g/mol. The molecule has 0 radical (unpaired) electrons. The first-order valence-corrected chi connectivity index (χ1v) is 7.86. The van der Waals surface area contributed by atoms with Crippen molar-refractivity contribution in [3.8, 4) is 5.75 Å². The predicted molar refractivity (Wildman–Crippen MR) is 81.8 cm³/mol. The minimum atomic E-state index is -0.570. The van der Waals surface area contributed by atoms with E-state index in [4.69, 9.17) is 9.47 Å². The Hall–Kier alpha value is -1.10. The second-order valence-electron chi connectivity index (χ2n) is 6.36. The van der Waals surface area contributed by atoms with Crippen molar-refractivity contribution in [3.63, 3.8) is 0 Å². The number of hydrogen-bond acceptors (Lipinski definition) is 4. The predicted octanol–water partition coefficient (Wildman–Crippen LogP) is 2.07. The molecule has 2 N–H and O–H groups in total. The SMILES string of the molecule is COc1cccc(C2CC(NCC3(O)CCOCC3)C2)c1. The molecule has 4 nitrogen and oxygen atoms in total. The first kappa shape index (κ1) is 14.8. The Bertz CT molecular complexity index is 465. The maximum Gasteiger partial charge on any atom is 0.119 e. The molecule has 0 atom stereocenters. The summed E-state index contributed by atoms with van der Waals surface area (Å²) in [5.74, 6) is 1.54. The molecule has 0 amide bonds. The highest BCUT2D eigenvalue weighted by Gasteiger charge is 2.34. The van der Waals surface area contributed by atoms with Crippen molar-refractivity contribution in [1.82, 2.24) is 5.32 Å². The normalized spacial score (nSPS) is 27.9. The van der Waals surface area contributed by atoms with Gasteiger partial charge < -0.3 is 19.9 Å². The number of ether oxygens (including phenoxy) is 2. The lowest BCUT2D eigenvalue weighted by molar-refractivity contribution is -0.0640. The van der Waals surface area contributed by atoms with Crippen LogP contribution in [-0.4, -0.2) is 43.6 Å². The van der Waals surface area contributed by atoms with Crippen molar-refractivity contribution in [2.75, 3.05) is 26.9 Å². The van der Waals surface area contributed by atoms with E-state index in [0.29, 0.717) is 31.7 Å². The third kappa shape index (κ3) is 3.57. The zero-order valence-electron chi connectivity index (χ0n) is 12.7. The van der Waals surface area contributed by atoms with Gasteiger partial charge in [-0.25, -0.2) is 0 Å². The van der Waals surface area contributed by atoms with Crippen molar-refractivity contribution in [2.45, 2.75) is 43.2 Å². The summed E-state index contributed by atoms with van der Waals surface area (Å²) < 4.78 is 10.6. The second-order valence-corrected chi connectivity index (χ2v) is 6.36. The first-order valence-electron chi connectivity index (χ1n) is 7.86. The third-order valence-corrected chi connectivity index (χ3v) is 4.85. The lowest BCUT2D eigenvalue weighted by Crippen LogP contribution is -2.50. The second kappa shape index (κ2) is 6.34. The van der Waals surface area contributed by atoms with E-state index in [0.717, 1.165) is 31.4 Å². The molecule has 1 heterocycles. The van der Waals surface area contributed by atoms with Crippen LogP contribution in [-0.2, 0) is 4.74 Å². The highest BCUT2D eigenvalue weighted by molar-refractivity contribution is 5.32. The number of hydrogen-bond donors (Lipinski definition) is 2. The van der Waals surface area contributed by atoms with Crippen LogP contribution in [0, 0.1) is 0 Å². The fraction of sp³-hybridized carbons (Fsp3) is 0.647. The molecule has 2 fully saturated rings. The summed E-state index contributed by atoms with van der Waals surface area (Å²) in [6.07, 6.45) is 3.76. The molecule has 1 aromatic carbocycles. The number of nitrogens with one attached hydrogen (secondary N) is 1. The van der Waals surface area contributed by atoms with Gasteiger partial charge >= 0.3 is 0 Å². The van der Waals surface area contributed by atoms with E-state index >= 15 is 0 Å². The van der Waals surface area contributed by atoms with Crippen LogP contribution in [0.25, 0.3) is 0 Å². The zero-order chi connectivity index (χ0) is 14.7. The van der Waals surface area contributed by atoms with Gasteiger partial charge in [-0.1, -0.05) is 12.1 Å². The van der Waals surface area contributed by atoms with Gasteiger partial charge in [-0.2, -0.15) is 0 Å². The highest BCUT2D eigenvalue weighted by Crippen LogP contribution is 2.38. The Morgan fingerprint density at radius 3 is 2.81 bits per heavy atom. The lowest BCUT2D eigenvalue weighted by atomic mass is 9.75. The van der Waals surface area contributed by atoms with Gasteiger partial charge in [0, 0.05) is 38.6 Å². The van der Waals surface area contributed by atoms with E-state index in [1.165, 1.54) is 5.56 Å². The van der Waals surface area contributed by atoms with E-state index in [1.54, 1.807) is 7.11 Å². The summed E-state index contributed by atoms with van der Waals surface area (Å²) in [5, 5.41) is 14.0. The Kier molecular flexibility index (Phi) is 4.48. The number of methoxy groups -OCH3 is 1. The van der Waals surface area contributed by atoms with Crippen molar-refractivity contribution >= 4 is 0 Å². The maximum atomic E-state index is 10.4. The molecule has 1 aliphatic heterocycles. The fourth-order valence-electron chi connectivity index (χ4n) is 3.21. The minimum Gasteiger partial charge on any atom is -0.497 e. The molecule has 0 bridgehead atoms. The first-order chi connectivity index (χ1) is 10.2. The van der Waals surface area contributed by atoms with Crippen LogP contribution in [0.4, 0.5) is 0 Å². The number of benzene rings is 1. The van der Waals surface area contributed by atoms with Crippen LogP contribution < -0.4 is 10.1 Å². The van der Waals surface area contributed by atoms with Gasteiger partial charge in [-0.3, -0.25) is 0 Å². The minimum absolute atomic E-state index is 0.521. The molecule has 0 unspecified atom stereocenters. The molecule has 3 rings (SSSR count). The zero-order valence-corrected chi connectivity index (χ0v) is 12.7. The van der Waals surface area contributed by atoms with E-state index in [9.17, 15) is 5.11 Å². The molecule has 0 spiro atoms.